The van der Waals surface area contributed by atoms with Gasteiger partial charge in [-0.25, -0.2) is 0 Å². The number of carbonyl (C=O) groups excluding carboxylic acids is 1. The van der Waals surface area contributed by atoms with Gasteiger partial charge in [0.05, 0.1) is 6.34 Å². The van der Waals surface area contributed by atoms with E-state index in [1.165, 1.54) is 18.1 Å². The first-order valence-corrected chi connectivity index (χ1v) is 11.8. The third-order valence-corrected chi connectivity index (χ3v) is 6.30. The van der Waals surface area contributed by atoms with E-state index in [9.17, 15) is 4.79 Å². The molecule has 164 valence electrons. The first-order chi connectivity index (χ1) is 15.0. The maximum absolute atomic E-state index is 10.6. The van der Waals surface area contributed by atoms with E-state index in [2.05, 4.69) is 32.1 Å². The van der Waals surface area contributed by atoms with Crippen LogP contribution in [0.4, 0.5) is 17.6 Å². The van der Waals surface area contributed by atoms with Crippen molar-refractivity contribution in [2.75, 3.05) is 54.6 Å². The largest absolute Gasteiger partial charge is 0.338 e. The van der Waals surface area contributed by atoms with E-state index in [4.69, 9.17) is 10.4 Å². The van der Waals surface area contributed by atoms with Gasteiger partial charge in [-0.15, -0.1) is 11.8 Å². The van der Waals surface area contributed by atoms with Crippen LogP contribution in [0.1, 0.15) is 6.92 Å². The average molecular weight is 459 g/mol. The fraction of sp³-hybridized carbons (Fsp3) is 0.350. The van der Waals surface area contributed by atoms with Crippen molar-refractivity contribution in [1.29, 1.82) is 5.41 Å². The predicted molar refractivity (Wildman–Crippen MR) is 128 cm³/mol. The van der Waals surface area contributed by atoms with Crippen LogP contribution in [-0.2, 0) is 4.79 Å². The van der Waals surface area contributed by atoms with E-state index in [0.29, 0.717) is 23.5 Å². The molecule has 1 aromatic heterocycles. The number of benzene rings is 1. The number of thioether (sulfide) groups is 1. The smallest absolute Gasteiger partial charge is 0.240 e. The topological polar surface area (TPSA) is 101 Å². The molecule has 0 unspecified atom stereocenters. The van der Waals surface area contributed by atoms with Crippen LogP contribution in [0.2, 0.25) is 0 Å². The van der Waals surface area contributed by atoms with Gasteiger partial charge in [-0.05, 0) is 61.2 Å². The van der Waals surface area contributed by atoms with Crippen LogP contribution in [0.3, 0.4) is 0 Å². The molecule has 0 radical (unpaired) electrons. The van der Waals surface area contributed by atoms with E-state index >= 15 is 0 Å². The summed E-state index contributed by atoms with van der Waals surface area (Å²) < 4.78 is 0. The number of amides is 1. The highest BCUT2D eigenvalue weighted by molar-refractivity contribution is 8.02. The molecule has 2 heterocycles. The van der Waals surface area contributed by atoms with Gasteiger partial charge < -0.3 is 15.1 Å². The van der Waals surface area contributed by atoms with E-state index in [1.807, 2.05) is 43.6 Å². The summed E-state index contributed by atoms with van der Waals surface area (Å²) in [6.45, 7) is 5.53. The van der Waals surface area contributed by atoms with E-state index in [1.54, 1.807) is 16.7 Å². The van der Waals surface area contributed by atoms with Gasteiger partial charge >= 0.3 is 0 Å². The van der Waals surface area contributed by atoms with Gasteiger partial charge in [0.15, 0.2) is 5.16 Å². The highest BCUT2D eigenvalue weighted by Crippen LogP contribution is 2.29. The number of likely N-dealkylation sites (N-methyl/N-ethyl adjacent to an activating group) is 1. The van der Waals surface area contributed by atoms with Crippen molar-refractivity contribution >= 4 is 53.9 Å². The maximum Gasteiger partial charge on any atom is 0.240 e. The van der Waals surface area contributed by atoms with Crippen molar-refractivity contribution in [3.8, 4) is 0 Å². The summed E-state index contributed by atoms with van der Waals surface area (Å²) in [6.07, 6.45) is 5.69. The minimum absolute atomic E-state index is 0.411. The van der Waals surface area contributed by atoms with Crippen LogP contribution in [0.5, 0.6) is 0 Å². The molecule has 0 spiro atoms. The molecule has 1 fully saturated rings. The van der Waals surface area contributed by atoms with Gasteiger partial charge in [0, 0.05) is 43.0 Å². The quantitative estimate of drug-likeness (QED) is 0.333. The monoisotopic (exact) mass is 458 g/mol. The first kappa shape index (κ1) is 23.0. The Morgan fingerprint density at radius 2 is 1.87 bits per heavy atom. The fourth-order valence-corrected chi connectivity index (χ4v) is 3.80. The molecule has 11 heteroatoms. The number of rotatable bonds is 9. The van der Waals surface area contributed by atoms with E-state index in [0.717, 1.165) is 41.7 Å². The minimum Gasteiger partial charge on any atom is -0.338 e. The fourth-order valence-electron chi connectivity index (χ4n) is 2.84. The highest BCUT2D eigenvalue weighted by atomic mass is 32.2. The first-order valence-electron chi connectivity index (χ1n) is 9.71. The van der Waals surface area contributed by atoms with Crippen LogP contribution in [0.25, 0.3) is 0 Å². The van der Waals surface area contributed by atoms with Gasteiger partial charge in [-0.1, -0.05) is 0 Å². The van der Waals surface area contributed by atoms with E-state index in [-0.39, 0.29) is 0 Å². The third kappa shape index (κ3) is 6.42. The lowest BCUT2D eigenvalue weighted by Crippen LogP contribution is -2.45. The number of aromatic nitrogens is 3. The number of hydrogen-bond acceptors (Lipinski definition) is 9. The van der Waals surface area contributed by atoms with Crippen molar-refractivity contribution in [3.05, 3.63) is 35.4 Å². The molecule has 1 aliphatic heterocycles. The SMILES string of the molecule is CS/C(C)=C\N(C=N)c1nc(Sc2ccc(NC=O)cc2)nc(N2CCN(C)CC2)n1. The summed E-state index contributed by atoms with van der Waals surface area (Å²) in [7, 11) is 2.10. The molecule has 0 bridgehead atoms. The minimum atomic E-state index is 0.411. The number of nitrogens with zero attached hydrogens (tertiary/aromatic N) is 6. The molecule has 2 N–H and O–H groups in total. The number of anilines is 3. The van der Waals surface area contributed by atoms with Crippen molar-refractivity contribution < 1.29 is 4.79 Å². The van der Waals surface area contributed by atoms with Gasteiger partial charge in [-0.3, -0.25) is 15.1 Å². The van der Waals surface area contributed by atoms with Gasteiger partial charge in [0.25, 0.3) is 0 Å². The van der Waals surface area contributed by atoms with Crippen LogP contribution >= 0.6 is 23.5 Å². The molecule has 1 aliphatic rings. The second-order valence-electron chi connectivity index (χ2n) is 6.88. The summed E-state index contributed by atoms with van der Waals surface area (Å²) >= 11 is 3.02. The van der Waals surface area contributed by atoms with Crippen molar-refractivity contribution in [2.24, 2.45) is 0 Å². The van der Waals surface area contributed by atoms with Gasteiger partial charge in [0.2, 0.25) is 18.3 Å². The molecule has 9 nitrogen and oxygen atoms in total. The molecule has 0 saturated carbocycles. The molecule has 2 aromatic rings. The van der Waals surface area contributed by atoms with Crippen molar-refractivity contribution in [1.82, 2.24) is 19.9 Å². The van der Waals surface area contributed by atoms with Gasteiger partial charge in [0.1, 0.15) is 0 Å². The van der Waals surface area contributed by atoms with Crippen molar-refractivity contribution in [2.45, 2.75) is 17.0 Å². The Balaban J connectivity index is 1.93. The zero-order valence-electron chi connectivity index (χ0n) is 17.8. The lowest BCUT2D eigenvalue weighted by molar-refractivity contribution is -0.105. The molecule has 1 aromatic carbocycles. The number of piperazine rings is 1. The Kier molecular flexibility index (Phi) is 8.27. The van der Waals surface area contributed by atoms with Crippen LogP contribution in [0.15, 0.2) is 45.4 Å². The Morgan fingerprint density at radius 3 is 2.48 bits per heavy atom. The molecule has 1 saturated heterocycles. The van der Waals surface area contributed by atoms with Crippen LogP contribution in [-0.4, -0.2) is 72.1 Å². The highest BCUT2D eigenvalue weighted by Gasteiger charge is 2.20. The summed E-state index contributed by atoms with van der Waals surface area (Å²) in [5, 5.41) is 11.0. The molecule has 31 heavy (non-hydrogen) atoms. The second kappa shape index (κ2) is 11.1. The molecule has 1 amide bonds. The van der Waals surface area contributed by atoms with Crippen LogP contribution < -0.4 is 15.1 Å². The molecule has 0 atom stereocenters. The lowest BCUT2D eigenvalue weighted by Gasteiger charge is -2.32. The summed E-state index contributed by atoms with van der Waals surface area (Å²) in [5.74, 6) is 1.02. The molecular weight excluding hydrogens is 432 g/mol. The molecule has 3 rings (SSSR count). The average Bonchev–Trinajstić information content (AvgIpc) is 2.79. The summed E-state index contributed by atoms with van der Waals surface area (Å²) in [4.78, 5) is 32.6. The zero-order chi connectivity index (χ0) is 22.2. The summed E-state index contributed by atoms with van der Waals surface area (Å²) in [6, 6.07) is 7.46. The number of carbonyl (C=O) groups is 1. The molecular formula is C20H26N8OS2. The normalized spacial score (nSPS) is 14.9. The lowest BCUT2D eigenvalue weighted by atomic mass is 10.3. The third-order valence-electron chi connectivity index (χ3n) is 4.68. The number of allylic oxidation sites excluding steroid dienone is 1. The maximum atomic E-state index is 10.6. The number of hydrogen-bond donors (Lipinski definition) is 2. The second-order valence-corrected chi connectivity index (χ2v) is 8.97. The molecule has 0 aliphatic carbocycles. The Hall–Kier alpha value is -2.63. The van der Waals surface area contributed by atoms with Gasteiger partial charge in [-0.2, -0.15) is 15.0 Å². The predicted octanol–water partition coefficient (Wildman–Crippen LogP) is 2.98. The van der Waals surface area contributed by atoms with Crippen molar-refractivity contribution in [3.63, 3.8) is 0 Å². The Morgan fingerprint density at radius 1 is 1.16 bits per heavy atom. The standard InChI is InChI=1S/C20H26N8OS2/c1-15(30-3)12-28(13-21)19-23-18(27-10-8-26(2)9-11-27)24-20(25-19)31-17-6-4-16(5-7-17)22-14-29/h4-7,12-14,21H,8-11H2,1-3H3,(H,22,29)/b15-12-,21-13?. The van der Waals surface area contributed by atoms with Crippen LogP contribution in [0, 0.1) is 5.41 Å². The number of nitrogens with one attached hydrogen (secondary N) is 2. The summed E-state index contributed by atoms with van der Waals surface area (Å²) in [5.41, 5.74) is 0.724. The Bertz CT molecular complexity index is 929. The van der Waals surface area contributed by atoms with E-state index < -0.39 is 0 Å². The zero-order valence-corrected chi connectivity index (χ0v) is 19.4. The Labute approximate surface area is 190 Å².